The fourth-order valence-corrected chi connectivity index (χ4v) is 1.95. The third kappa shape index (κ3) is 3.19. The van der Waals surface area contributed by atoms with Gasteiger partial charge in [-0.25, -0.2) is 0 Å². The minimum atomic E-state index is 0.402. The Bertz CT molecular complexity index is 564. The monoisotopic (exact) mass is 257 g/mol. The fourth-order valence-electron chi connectivity index (χ4n) is 1.95. The molecule has 0 fully saturated rings. The molecule has 0 aliphatic rings. The summed E-state index contributed by atoms with van der Waals surface area (Å²) in [5, 5.41) is 0. The van der Waals surface area contributed by atoms with Gasteiger partial charge in [0.2, 0.25) is 0 Å². The summed E-state index contributed by atoms with van der Waals surface area (Å²) >= 11 is 0. The molecule has 2 aromatic rings. The standard InChI is InChI=1S/C16H19NO2/c1-11(2)15-6-4-5-7-16(15)19-14-9-12(17)8-13(10-14)18-3/h4-11H,17H2,1-3H3. The van der Waals surface area contributed by atoms with E-state index >= 15 is 0 Å². The molecule has 0 saturated carbocycles. The topological polar surface area (TPSA) is 44.5 Å². The number of hydrogen-bond donors (Lipinski definition) is 1. The molecule has 0 aliphatic carbocycles. The number of ether oxygens (including phenoxy) is 2. The molecule has 0 amide bonds. The number of nitrogens with two attached hydrogens (primary N) is 1. The summed E-state index contributed by atoms with van der Waals surface area (Å²) in [7, 11) is 1.61. The number of methoxy groups -OCH3 is 1. The van der Waals surface area contributed by atoms with Gasteiger partial charge in [-0.05, 0) is 17.5 Å². The van der Waals surface area contributed by atoms with Gasteiger partial charge >= 0.3 is 0 Å². The maximum absolute atomic E-state index is 5.93. The zero-order chi connectivity index (χ0) is 13.8. The van der Waals surface area contributed by atoms with Crippen molar-refractivity contribution in [2.45, 2.75) is 19.8 Å². The van der Waals surface area contributed by atoms with Gasteiger partial charge in [-0.2, -0.15) is 0 Å². The van der Waals surface area contributed by atoms with Crippen LogP contribution in [0.1, 0.15) is 25.3 Å². The Hall–Kier alpha value is -2.16. The van der Waals surface area contributed by atoms with Crippen molar-refractivity contribution in [1.82, 2.24) is 0 Å². The SMILES string of the molecule is COc1cc(N)cc(Oc2ccccc2C(C)C)c1. The molecule has 100 valence electrons. The van der Waals surface area contributed by atoms with Crippen LogP contribution in [0.2, 0.25) is 0 Å². The van der Waals surface area contributed by atoms with Crippen LogP contribution in [-0.4, -0.2) is 7.11 Å². The first kappa shape index (κ1) is 13.3. The zero-order valence-corrected chi connectivity index (χ0v) is 11.5. The van der Waals surface area contributed by atoms with Crippen LogP contribution in [0.5, 0.6) is 17.2 Å². The Balaban J connectivity index is 2.33. The quantitative estimate of drug-likeness (QED) is 0.835. The minimum Gasteiger partial charge on any atom is -0.497 e. The van der Waals surface area contributed by atoms with E-state index in [9.17, 15) is 0 Å². The van der Waals surface area contributed by atoms with Gasteiger partial charge in [0.05, 0.1) is 7.11 Å². The second kappa shape index (κ2) is 5.65. The number of anilines is 1. The molecule has 0 bridgehead atoms. The summed E-state index contributed by atoms with van der Waals surface area (Å²) in [6.45, 7) is 4.28. The molecule has 0 radical (unpaired) electrons. The lowest BCUT2D eigenvalue weighted by Crippen LogP contribution is -1.95. The van der Waals surface area contributed by atoms with Crippen LogP contribution < -0.4 is 15.2 Å². The number of nitrogen functional groups attached to an aromatic ring is 1. The summed E-state index contributed by atoms with van der Waals surface area (Å²) in [4.78, 5) is 0. The maximum Gasteiger partial charge on any atom is 0.133 e. The van der Waals surface area contributed by atoms with Crippen molar-refractivity contribution in [3.05, 3.63) is 48.0 Å². The third-order valence-electron chi connectivity index (χ3n) is 2.91. The van der Waals surface area contributed by atoms with Crippen LogP contribution in [0.15, 0.2) is 42.5 Å². The maximum atomic E-state index is 5.93. The van der Waals surface area contributed by atoms with Crippen LogP contribution in [0, 0.1) is 0 Å². The van der Waals surface area contributed by atoms with E-state index in [1.54, 1.807) is 19.2 Å². The van der Waals surface area contributed by atoms with Crippen molar-refractivity contribution in [2.24, 2.45) is 0 Å². The summed E-state index contributed by atoms with van der Waals surface area (Å²) in [6, 6.07) is 13.4. The smallest absolute Gasteiger partial charge is 0.133 e. The molecule has 2 rings (SSSR count). The minimum absolute atomic E-state index is 0.402. The Morgan fingerprint density at radius 2 is 1.68 bits per heavy atom. The van der Waals surface area contributed by atoms with E-state index in [1.807, 2.05) is 24.3 Å². The molecule has 2 N–H and O–H groups in total. The van der Waals surface area contributed by atoms with Crippen LogP contribution in [0.4, 0.5) is 5.69 Å². The van der Waals surface area contributed by atoms with E-state index < -0.39 is 0 Å². The highest BCUT2D eigenvalue weighted by molar-refractivity contribution is 5.52. The van der Waals surface area contributed by atoms with Crippen molar-refractivity contribution >= 4 is 5.69 Å². The van der Waals surface area contributed by atoms with E-state index in [0.717, 1.165) is 5.75 Å². The Morgan fingerprint density at radius 1 is 1.00 bits per heavy atom. The van der Waals surface area contributed by atoms with Gasteiger partial charge in [0.15, 0.2) is 0 Å². The van der Waals surface area contributed by atoms with Crippen molar-refractivity contribution in [2.75, 3.05) is 12.8 Å². The molecular formula is C16H19NO2. The van der Waals surface area contributed by atoms with Gasteiger partial charge < -0.3 is 15.2 Å². The summed E-state index contributed by atoms with van der Waals surface area (Å²) in [6.07, 6.45) is 0. The van der Waals surface area contributed by atoms with Gasteiger partial charge in [0.25, 0.3) is 0 Å². The number of hydrogen-bond acceptors (Lipinski definition) is 3. The van der Waals surface area contributed by atoms with Crippen molar-refractivity contribution in [3.8, 4) is 17.2 Å². The van der Waals surface area contributed by atoms with Gasteiger partial charge in [-0.3, -0.25) is 0 Å². The number of para-hydroxylation sites is 1. The van der Waals surface area contributed by atoms with Crippen LogP contribution in [-0.2, 0) is 0 Å². The molecule has 19 heavy (non-hydrogen) atoms. The van der Waals surface area contributed by atoms with E-state index in [2.05, 4.69) is 19.9 Å². The molecule has 0 spiro atoms. The lowest BCUT2D eigenvalue weighted by Gasteiger charge is -2.14. The van der Waals surface area contributed by atoms with E-state index in [4.69, 9.17) is 15.2 Å². The Labute approximate surface area is 114 Å². The van der Waals surface area contributed by atoms with Crippen LogP contribution in [0.3, 0.4) is 0 Å². The van der Waals surface area contributed by atoms with Crippen molar-refractivity contribution in [3.63, 3.8) is 0 Å². The predicted molar refractivity (Wildman–Crippen MR) is 78.0 cm³/mol. The second-order valence-corrected chi connectivity index (χ2v) is 4.74. The van der Waals surface area contributed by atoms with E-state index in [1.165, 1.54) is 5.56 Å². The average molecular weight is 257 g/mol. The normalized spacial score (nSPS) is 10.5. The Morgan fingerprint density at radius 3 is 2.37 bits per heavy atom. The molecule has 0 aromatic heterocycles. The summed E-state index contributed by atoms with van der Waals surface area (Å²) < 4.78 is 11.1. The largest absolute Gasteiger partial charge is 0.497 e. The first-order chi connectivity index (χ1) is 9.10. The van der Waals surface area contributed by atoms with Gasteiger partial charge in [-0.15, -0.1) is 0 Å². The van der Waals surface area contributed by atoms with Gasteiger partial charge in [0.1, 0.15) is 17.2 Å². The number of rotatable bonds is 4. The average Bonchev–Trinajstić information content (AvgIpc) is 2.38. The molecule has 0 unspecified atom stereocenters. The first-order valence-electron chi connectivity index (χ1n) is 6.31. The predicted octanol–water partition coefficient (Wildman–Crippen LogP) is 4.19. The van der Waals surface area contributed by atoms with Crippen LogP contribution >= 0.6 is 0 Å². The summed E-state index contributed by atoms with van der Waals surface area (Å²) in [5.74, 6) is 2.63. The first-order valence-corrected chi connectivity index (χ1v) is 6.31. The Kier molecular flexibility index (Phi) is 3.95. The molecule has 0 aliphatic heterocycles. The third-order valence-corrected chi connectivity index (χ3v) is 2.91. The lowest BCUT2D eigenvalue weighted by atomic mass is 10.0. The van der Waals surface area contributed by atoms with E-state index in [-0.39, 0.29) is 0 Å². The fraction of sp³-hybridized carbons (Fsp3) is 0.250. The highest BCUT2D eigenvalue weighted by atomic mass is 16.5. The molecule has 0 atom stereocenters. The zero-order valence-electron chi connectivity index (χ0n) is 11.5. The highest BCUT2D eigenvalue weighted by Crippen LogP contribution is 2.33. The second-order valence-electron chi connectivity index (χ2n) is 4.74. The molecule has 3 heteroatoms. The molecular weight excluding hydrogens is 238 g/mol. The highest BCUT2D eigenvalue weighted by Gasteiger charge is 2.09. The van der Waals surface area contributed by atoms with E-state index in [0.29, 0.717) is 23.1 Å². The summed E-state index contributed by atoms with van der Waals surface area (Å²) in [5.41, 5.74) is 7.62. The lowest BCUT2D eigenvalue weighted by molar-refractivity contribution is 0.409. The molecule has 3 nitrogen and oxygen atoms in total. The number of benzene rings is 2. The molecule has 2 aromatic carbocycles. The van der Waals surface area contributed by atoms with Gasteiger partial charge in [-0.1, -0.05) is 32.0 Å². The van der Waals surface area contributed by atoms with Crippen molar-refractivity contribution in [1.29, 1.82) is 0 Å². The van der Waals surface area contributed by atoms with Crippen LogP contribution in [0.25, 0.3) is 0 Å². The molecule has 0 heterocycles. The molecule has 0 saturated heterocycles. The van der Waals surface area contributed by atoms with Gasteiger partial charge in [0, 0.05) is 23.9 Å². The van der Waals surface area contributed by atoms with Crippen molar-refractivity contribution < 1.29 is 9.47 Å².